The van der Waals surface area contributed by atoms with Crippen molar-refractivity contribution in [3.8, 4) is 0 Å². The first-order valence-corrected chi connectivity index (χ1v) is 4.30. The quantitative estimate of drug-likeness (QED) is 0.294. The van der Waals surface area contributed by atoms with Crippen LogP contribution < -0.4 is 0 Å². The maximum atomic E-state index is 10.5. The van der Waals surface area contributed by atoms with Gasteiger partial charge in [-0.25, -0.2) is 0 Å². The Hall–Kier alpha value is -0.480. The van der Waals surface area contributed by atoms with Crippen molar-refractivity contribution >= 4 is 18.6 Å². The lowest BCUT2D eigenvalue weighted by Gasteiger charge is -2.13. The average Bonchev–Trinajstić information content (AvgIpc) is 2.02. The van der Waals surface area contributed by atoms with Gasteiger partial charge in [0.05, 0.1) is 13.2 Å². The average molecular weight is 190 g/mol. The Kier molecular flexibility index (Phi) is 6.90. The molecule has 4 heteroatoms. The van der Waals surface area contributed by atoms with Crippen molar-refractivity contribution in [1.82, 2.24) is 0 Å². The summed E-state index contributed by atoms with van der Waals surface area (Å²) in [6, 6.07) is 0. The second-order valence-electron chi connectivity index (χ2n) is 2.24. The van der Waals surface area contributed by atoms with Crippen molar-refractivity contribution in [1.29, 1.82) is 0 Å². The normalized spacial score (nSPS) is 12.2. The van der Waals surface area contributed by atoms with Crippen LogP contribution in [0.2, 0.25) is 0 Å². The first-order chi connectivity index (χ1) is 5.70. The number of thiol groups is 1. The predicted octanol–water partition coefficient (Wildman–Crippen LogP) is 1.05. The third-order valence-corrected chi connectivity index (χ3v) is 1.48. The number of ether oxygens (including phenoxy) is 2. The van der Waals surface area contributed by atoms with E-state index < -0.39 is 0 Å². The predicted molar refractivity (Wildman–Crippen MR) is 50.4 cm³/mol. The highest BCUT2D eigenvalue weighted by molar-refractivity contribution is 7.80. The van der Waals surface area contributed by atoms with Crippen LogP contribution in [0.4, 0.5) is 0 Å². The van der Waals surface area contributed by atoms with Crippen LogP contribution in [0, 0.1) is 0 Å². The van der Waals surface area contributed by atoms with Crippen LogP contribution in [-0.4, -0.2) is 31.0 Å². The van der Waals surface area contributed by atoms with Crippen molar-refractivity contribution < 1.29 is 14.3 Å². The monoisotopic (exact) mass is 190 g/mol. The lowest BCUT2D eigenvalue weighted by Crippen LogP contribution is -2.24. The fraction of sp³-hybridized carbons (Fsp3) is 0.625. The Balaban J connectivity index is 3.52. The van der Waals surface area contributed by atoms with E-state index in [1.165, 1.54) is 6.92 Å². The van der Waals surface area contributed by atoms with E-state index in [1.54, 1.807) is 6.08 Å². The molecule has 0 bridgehead atoms. The van der Waals surface area contributed by atoms with Gasteiger partial charge in [-0.15, -0.1) is 6.58 Å². The number of carbonyl (C=O) groups is 1. The molecule has 0 aliphatic heterocycles. The van der Waals surface area contributed by atoms with Gasteiger partial charge in [0.1, 0.15) is 6.10 Å². The van der Waals surface area contributed by atoms with Gasteiger partial charge in [-0.1, -0.05) is 6.08 Å². The molecule has 0 aromatic rings. The molecule has 0 fully saturated rings. The number of hydrogen-bond donors (Lipinski definition) is 1. The molecule has 0 rings (SSSR count). The molecule has 0 aliphatic rings. The largest absolute Gasteiger partial charge is 0.459 e. The van der Waals surface area contributed by atoms with Gasteiger partial charge < -0.3 is 9.47 Å². The van der Waals surface area contributed by atoms with Crippen LogP contribution >= 0.6 is 12.6 Å². The summed E-state index contributed by atoms with van der Waals surface area (Å²) in [5.41, 5.74) is 0. The third-order valence-electron chi connectivity index (χ3n) is 1.08. The number of esters is 1. The number of hydrogen-bond acceptors (Lipinski definition) is 4. The molecule has 3 nitrogen and oxygen atoms in total. The van der Waals surface area contributed by atoms with Crippen LogP contribution in [0.25, 0.3) is 0 Å². The molecule has 0 saturated carbocycles. The number of carbonyl (C=O) groups excluding carboxylic acids is 1. The van der Waals surface area contributed by atoms with Gasteiger partial charge in [-0.3, -0.25) is 4.79 Å². The highest BCUT2D eigenvalue weighted by Gasteiger charge is 2.08. The van der Waals surface area contributed by atoms with Gasteiger partial charge in [0.15, 0.2) is 0 Å². The van der Waals surface area contributed by atoms with Crippen molar-refractivity contribution in [3.63, 3.8) is 0 Å². The van der Waals surface area contributed by atoms with Gasteiger partial charge in [0.2, 0.25) is 0 Å². The first-order valence-electron chi connectivity index (χ1n) is 3.67. The summed E-state index contributed by atoms with van der Waals surface area (Å²) in [7, 11) is 0. The maximum absolute atomic E-state index is 10.5. The minimum Gasteiger partial charge on any atom is -0.459 e. The highest BCUT2D eigenvalue weighted by atomic mass is 32.1. The van der Waals surface area contributed by atoms with E-state index in [2.05, 4.69) is 19.2 Å². The topological polar surface area (TPSA) is 35.5 Å². The molecule has 0 spiro atoms. The maximum Gasteiger partial charge on any atom is 0.303 e. The SMILES string of the molecule is C=CCOCC(CS)OC(C)=O. The van der Waals surface area contributed by atoms with Gasteiger partial charge in [-0.2, -0.15) is 12.6 Å². The second kappa shape index (κ2) is 7.18. The van der Waals surface area contributed by atoms with Gasteiger partial charge in [0.25, 0.3) is 0 Å². The minimum atomic E-state index is -0.309. The molecule has 0 heterocycles. The molecule has 0 aromatic carbocycles. The molecule has 1 atom stereocenters. The van der Waals surface area contributed by atoms with Crippen molar-refractivity contribution in [2.24, 2.45) is 0 Å². The van der Waals surface area contributed by atoms with Crippen LogP contribution in [0.15, 0.2) is 12.7 Å². The van der Waals surface area contributed by atoms with E-state index in [0.29, 0.717) is 19.0 Å². The van der Waals surface area contributed by atoms with Crippen LogP contribution in [-0.2, 0) is 14.3 Å². The molecular weight excluding hydrogens is 176 g/mol. The molecule has 1 unspecified atom stereocenters. The molecule has 0 N–H and O–H groups in total. The summed E-state index contributed by atoms with van der Waals surface area (Å²) in [6.07, 6.45) is 1.38. The molecule has 0 aromatic heterocycles. The van der Waals surface area contributed by atoms with E-state index in [4.69, 9.17) is 9.47 Å². The van der Waals surface area contributed by atoms with Crippen LogP contribution in [0.5, 0.6) is 0 Å². The molecule has 0 aliphatic carbocycles. The molecule has 0 radical (unpaired) electrons. The molecular formula is C8H14O3S. The van der Waals surface area contributed by atoms with Gasteiger partial charge in [-0.05, 0) is 0 Å². The summed E-state index contributed by atoms with van der Waals surface area (Å²) in [4.78, 5) is 10.5. The Morgan fingerprint density at radius 2 is 2.42 bits per heavy atom. The Morgan fingerprint density at radius 1 is 1.75 bits per heavy atom. The summed E-state index contributed by atoms with van der Waals surface area (Å²) in [6.45, 7) is 5.69. The zero-order valence-electron chi connectivity index (χ0n) is 7.16. The lowest BCUT2D eigenvalue weighted by molar-refractivity contribution is -0.147. The Labute approximate surface area is 78.1 Å². The van der Waals surface area contributed by atoms with Crippen molar-refractivity contribution in [3.05, 3.63) is 12.7 Å². The molecule has 0 saturated heterocycles. The minimum absolute atomic E-state index is 0.259. The Bertz CT molecular complexity index is 147. The lowest BCUT2D eigenvalue weighted by atomic mass is 10.4. The molecule has 12 heavy (non-hydrogen) atoms. The smallest absolute Gasteiger partial charge is 0.303 e. The van der Waals surface area contributed by atoms with Gasteiger partial charge >= 0.3 is 5.97 Å². The van der Waals surface area contributed by atoms with E-state index in [9.17, 15) is 4.79 Å². The van der Waals surface area contributed by atoms with Crippen molar-refractivity contribution in [2.75, 3.05) is 19.0 Å². The fourth-order valence-electron chi connectivity index (χ4n) is 0.642. The summed E-state index contributed by atoms with van der Waals surface area (Å²) in [5.74, 6) is 0.160. The first kappa shape index (κ1) is 11.5. The Morgan fingerprint density at radius 3 is 2.83 bits per heavy atom. The zero-order chi connectivity index (χ0) is 9.40. The highest BCUT2D eigenvalue weighted by Crippen LogP contribution is 1.96. The fourth-order valence-corrected chi connectivity index (χ4v) is 0.821. The number of rotatable bonds is 6. The second-order valence-corrected chi connectivity index (χ2v) is 2.61. The van der Waals surface area contributed by atoms with E-state index >= 15 is 0 Å². The van der Waals surface area contributed by atoms with Crippen LogP contribution in [0.3, 0.4) is 0 Å². The van der Waals surface area contributed by atoms with Gasteiger partial charge in [0, 0.05) is 12.7 Å². The summed E-state index contributed by atoms with van der Waals surface area (Å²) >= 11 is 4.01. The van der Waals surface area contributed by atoms with E-state index in [0.717, 1.165) is 0 Å². The van der Waals surface area contributed by atoms with Crippen LogP contribution in [0.1, 0.15) is 6.92 Å². The zero-order valence-corrected chi connectivity index (χ0v) is 8.05. The third kappa shape index (κ3) is 6.24. The summed E-state index contributed by atoms with van der Waals surface area (Å²) < 4.78 is 9.96. The standard InChI is InChI=1S/C8H14O3S/c1-3-4-10-5-8(6-12)11-7(2)9/h3,8,12H,1,4-6H2,2H3. The van der Waals surface area contributed by atoms with E-state index in [1.807, 2.05) is 0 Å². The molecule has 70 valence electrons. The summed E-state index contributed by atoms with van der Waals surface area (Å²) in [5, 5.41) is 0. The molecule has 0 amide bonds. The van der Waals surface area contributed by atoms with E-state index in [-0.39, 0.29) is 12.1 Å². The van der Waals surface area contributed by atoms with Crippen molar-refractivity contribution in [2.45, 2.75) is 13.0 Å².